The molecule has 0 atom stereocenters. The van der Waals surface area contributed by atoms with E-state index in [1.54, 1.807) is 13.8 Å². The minimum Gasteiger partial charge on any atom is -0.435 e. The summed E-state index contributed by atoms with van der Waals surface area (Å²) in [6.45, 7) is 8.17. The van der Waals surface area contributed by atoms with E-state index in [0.29, 0.717) is 11.6 Å². The van der Waals surface area contributed by atoms with Crippen molar-refractivity contribution < 1.29 is 30.7 Å². The molecule has 0 unspecified atom stereocenters. The van der Waals surface area contributed by atoms with Gasteiger partial charge in [0, 0.05) is 0 Å². The molecule has 0 bridgehead atoms. The number of hydrogen-bond acceptors (Lipinski definition) is 3. The van der Waals surface area contributed by atoms with Crippen molar-refractivity contribution >= 4 is 9.84 Å². The smallest absolute Gasteiger partial charge is 0.387 e. The minimum absolute atomic E-state index is 0.229. The Hall–Kier alpha value is -1.31. The van der Waals surface area contributed by atoms with E-state index in [9.17, 15) is 26.0 Å². The van der Waals surface area contributed by atoms with Crippen LogP contribution in [0.2, 0.25) is 0 Å². The summed E-state index contributed by atoms with van der Waals surface area (Å²) in [5.41, 5.74) is 0.317. The van der Waals surface area contributed by atoms with Crippen LogP contribution < -0.4 is 4.74 Å². The summed E-state index contributed by atoms with van der Waals surface area (Å²) >= 11 is 0. The van der Waals surface area contributed by atoms with E-state index in [1.807, 2.05) is 27.7 Å². The van der Waals surface area contributed by atoms with Crippen LogP contribution in [0.3, 0.4) is 0 Å². The van der Waals surface area contributed by atoms with Crippen molar-refractivity contribution in [3.8, 4) is 5.75 Å². The van der Waals surface area contributed by atoms with Gasteiger partial charge < -0.3 is 4.74 Å². The zero-order chi connectivity index (χ0) is 18.8. The van der Waals surface area contributed by atoms with E-state index in [1.165, 1.54) is 6.07 Å². The first-order chi connectivity index (χ1) is 10.6. The lowest BCUT2D eigenvalue weighted by molar-refractivity contribution is -0.0500. The van der Waals surface area contributed by atoms with Crippen molar-refractivity contribution in [3.05, 3.63) is 23.8 Å². The third-order valence-electron chi connectivity index (χ3n) is 2.36. The Bertz CT molecular complexity index is 544. The molecule has 0 aliphatic carbocycles. The van der Waals surface area contributed by atoms with E-state index in [-0.39, 0.29) is 5.92 Å². The monoisotopic (exact) mass is 360 g/mol. The molecule has 0 N–H and O–H groups in total. The molecular formula is C15H24F4O3S. The van der Waals surface area contributed by atoms with Gasteiger partial charge in [0.25, 0.3) is 0 Å². The summed E-state index contributed by atoms with van der Waals surface area (Å²) < 4.78 is 75.9. The molecule has 0 fully saturated rings. The number of ether oxygens (including phenoxy) is 1. The van der Waals surface area contributed by atoms with E-state index >= 15 is 0 Å². The Morgan fingerprint density at radius 1 is 0.913 bits per heavy atom. The molecule has 0 saturated carbocycles. The molecule has 136 valence electrons. The molecule has 0 saturated heterocycles. The van der Waals surface area contributed by atoms with Crippen LogP contribution in [0.5, 0.6) is 5.75 Å². The summed E-state index contributed by atoms with van der Waals surface area (Å²) in [6, 6.07) is 2.89. The maximum Gasteiger partial charge on any atom is 0.387 e. The van der Waals surface area contributed by atoms with Crippen molar-refractivity contribution in [1.82, 2.24) is 0 Å². The van der Waals surface area contributed by atoms with Crippen LogP contribution in [-0.2, 0) is 9.84 Å². The molecule has 23 heavy (non-hydrogen) atoms. The van der Waals surface area contributed by atoms with Gasteiger partial charge in [-0.3, -0.25) is 0 Å². The first-order valence-electron chi connectivity index (χ1n) is 7.26. The molecule has 0 amide bonds. The van der Waals surface area contributed by atoms with Crippen molar-refractivity contribution in [1.29, 1.82) is 0 Å². The maximum absolute atomic E-state index is 12.4. The molecule has 1 aromatic rings. The predicted octanol–water partition coefficient (Wildman–Crippen LogP) is 5.46. The quantitative estimate of drug-likeness (QED) is 0.655. The topological polar surface area (TPSA) is 43.4 Å². The van der Waals surface area contributed by atoms with Crippen LogP contribution in [0.4, 0.5) is 17.6 Å². The lowest BCUT2D eigenvalue weighted by atomic mass is 10.0. The van der Waals surface area contributed by atoms with Crippen LogP contribution in [0.25, 0.3) is 0 Å². The molecule has 0 aliphatic rings. The van der Waals surface area contributed by atoms with Crippen LogP contribution >= 0.6 is 0 Å². The van der Waals surface area contributed by atoms with Gasteiger partial charge in [0.15, 0.2) is 0 Å². The van der Waals surface area contributed by atoms with Crippen molar-refractivity contribution in [3.63, 3.8) is 0 Å². The second-order valence-corrected chi connectivity index (χ2v) is 5.99. The summed E-state index contributed by atoms with van der Waals surface area (Å²) in [5, 5.41) is 0. The molecule has 0 spiro atoms. The lowest BCUT2D eigenvalue weighted by Crippen LogP contribution is -2.13. The van der Waals surface area contributed by atoms with E-state index in [0.717, 1.165) is 6.07 Å². The van der Waals surface area contributed by atoms with Gasteiger partial charge >= 0.3 is 12.4 Å². The van der Waals surface area contributed by atoms with Gasteiger partial charge in [-0.1, -0.05) is 41.5 Å². The molecule has 0 aromatic heterocycles. The average Bonchev–Trinajstić information content (AvgIpc) is 2.50. The highest BCUT2D eigenvalue weighted by Gasteiger charge is 2.28. The predicted molar refractivity (Wildman–Crippen MR) is 83.0 cm³/mol. The number of hydrogen-bond donors (Lipinski definition) is 0. The van der Waals surface area contributed by atoms with Gasteiger partial charge in [-0.15, -0.1) is 0 Å². The van der Waals surface area contributed by atoms with Gasteiger partial charge in [0.05, 0.1) is 4.90 Å². The zero-order valence-electron chi connectivity index (χ0n) is 14.1. The summed E-state index contributed by atoms with van der Waals surface area (Å²) in [6.07, 6.45) is 0. The molecular weight excluding hydrogens is 336 g/mol. The molecule has 1 aromatic carbocycles. The van der Waals surface area contributed by atoms with Gasteiger partial charge in [-0.05, 0) is 29.7 Å². The van der Waals surface area contributed by atoms with Gasteiger partial charge in [-0.2, -0.15) is 17.6 Å². The molecule has 0 aliphatic heterocycles. The molecule has 0 radical (unpaired) electrons. The third kappa shape index (κ3) is 7.67. The second kappa shape index (κ2) is 11.3. The van der Waals surface area contributed by atoms with Crippen molar-refractivity contribution in [2.75, 3.05) is 0 Å². The Labute approximate surface area is 135 Å². The normalized spacial score (nSPS) is 10.8. The van der Waals surface area contributed by atoms with Crippen LogP contribution in [0, 0.1) is 0 Å². The maximum atomic E-state index is 12.4. The Morgan fingerprint density at radius 2 is 1.39 bits per heavy atom. The summed E-state index contributed by atoms with van der Waals surface area (Å²) in [4.78, 5) is -0.732. The highest BCUT2D eigenvalue weighted by atomic mass is 32.2. The van der Waals surface area contributed by atoms with Crippen LogP contribution in [0.15, 0.2) is 23.1 Å². The highest BCUT2D eigenvalue weighted by molar-refractivity contribution is 7.91. The fraction of sp³-hybridized carbons (Fsp3) is 0.600. The number of alkyl halides is 4. The Morgan fingerprint density at radius 3 is 1.74 bits per heavy atom. The third-order valence-corrected chi connectivity index (χ3v) is 3.72. The largest absolute Gasteiger partial charge is 0.435 e. The average molecular weight is 360 g/mol. The fourth-order valence-electron chi connectivity index (χ4n) is 1.37. The molecule has 8 heteroatoms. The van der Waals surface area contributed by atoms with Gasteiger partial charge in [0.1, 0.15) is 5.75 Å². The van der Waals surface area contributed by atoms with Gasteiger partial charge in [-0.25, -0.2) is 8.42 Å². The lowest BCUT2D eigenvalue weighted by Gasteiger charge is -2.12. The van der Waals surface area contributed by atoms with E-state index in [2.05, 4.69) is 4.74 Å². The number of sulfone groups is 1. The molecule has 1 rings (SSSR count). The van der Waals surface area contributed by atoms with Crippen molar-refractivity contribution in [2.24, 2.45) is 0 Å². The number of rotatable bonds is 5. The number of halogens is 4. The second-order valence-electron chi connectivity index (χ2n) is 4.08. The van der Waals surface area contributed by atoms with Crippen molar-refractivity contribution in [2.45, 2.75) is 64.7 Å². The Kier molecular flexibility index (Phi) is 11.7. The SMILES string of the molecule is CC.CC.CC(C)c1cc(OC(F)F)cc(S(=O)(=O)C(F)F)c1. The zero-order valence-corrected chi connectivity index (χ0v) is 14.9. The summed E-state index contributed by atoms with van der Waals surface area (Å²) in [5.74, 6) is -4.30. The Balaban J connectivity index is 0. The highest BCUT2D eigenvalue weighted by Crippen LogP contribution is 2.29. The first-order valence-corrected chi connectivity index (χ1v) is 8.81. The fourth-order valence-corrected chi connectivity index (χ4v) is 2.15. The van der Waals surface area contributed by atoms with Crippen LogP contribution in [0.1, 0.15) is 53.0 Å². The van der Waals surface area contributed by atoms with E-state index in [4.69, 9.17) is 0 Å². The first kappa shape index (κ1) is 23.9. The van der Waals surface area contributed by atoms with Crippen LogP contribution in [-0.4, -0.2) is 20.8 Å². The van der Waals surface area contributed by atoms with E-state index < -0.39 is 32.9 Å². The molecule has 0 heterocycles. The standard InChI is InChI=1S/C11H12F4O3S.2C2H6/c1-6(2)7-3-8(18-10(12)13)5-9(4-7)19(16,17)11(14)15;2*1-2/h3-6,10-11H,1-2H3;2*1-2H3. The van der Waals surface area contributed by atoms with Gasteiger partial charge in [0.2, 0.25) is 9.84 Å². The number of benzene rings is 1. The minimum atomic E-state index is -4.85. The molecule has 3 nitrogen and oxygen atoms in total. The summed E-state index contributed by atoms with van der Waals surface area (Å²) in [7, 11) is -4.85.